The third-order valence-corrected chi connectivity index (χ3v) is 7.91. The zero-order valence-electron chi connectivity index (χ0n) is 23.5. The fraction of sp³-hybridized carbons (Fsp3) is 0.536. The molecule has 0 aliphatic heterocycles. The second-order valence-electron chi connectivity index (χ2n) is 12.1. The van der Waals surface area contributed by atoms with E-state index >= 15 is 0 Å². The molecule has 1 amide bonds. The molecule has 0 heterocycles. The van der Waals surface area contributed by atoms with Crippen molar-refractivity contribution in [2.45, 2.75) is 51.7 Å². The van der Waals surface area contributed by atoms with E-state index in [1.807, 2.05) is 45.8 Å². The molecule has 1 saturated carbocycles. The molecule has 39 heavy (non-hydrogen) atoms. The van der Waals surface area contributed by atoms with Crippen LogP contribution < -0.4 is 16.0 Å². The fourth-order valence-electron chi connectivity index (χ4n) is 6.26. The van der Waals surface area contributed by atoms with Gasteiger partial charge in [-0.1, -0.05) is 0 Å². The number of anilines is 1. The number of hydrogen-bond acceptors (Lipinski definition) is 9. The molecule has 218 valence electrons. The van der Waals surface area contributed by atoms with Crippen molar-refractivity contribution in [1.29, 1.82) is 0 Å². The second kappa shape index (κ2) is 10.3. The highest BCUT2D eigenvalue weighted by atomic mass is 16.3. The van der Waals surface area contributed by atoms with Gasteiger partial charge in [-0.15, -0.1) is 0 Å². The van der Waals surface area contributed by atoms with Crippen LogP contribution in [0.3, 0.4) is 0 Å². The minimum Gasteiger partial charge on any atom is -0.510 e. The van der Waals surface area contributed by atoms with E-state index in [1.54, 1.807) is 19.0 Å². The lowest BCUT2D eigenvalue weighted by molar-refractivity contribution is -0.136. The predicted molar refractivity (Wildman–Crippen MR) is 152 cm³/mol. The maximum atomic E-state index is 13.9. The first-order chi connectivity index (χ1) is 17.6. The molecule has 3 aliphatic rings. The number of aromatic hydroxyl groups is 1. The third-order valence-electron chi connectivity index (χ3n) is 7.91. The lowest BCUT2D eigenvalue weighted by Crippen LogP contribution is -2.55. The van der Waals surface area contributed by atoms with Crippen LogP contribution in [-0.2, 0) is 27.3 Å². The number of phenolic OH excluding ortho intramolecular Hbond substituents is 1. The molecule has 3 aliphatic carbocycles. The number of nitrogens with two attached hydrogens (primary N) is 1. The van der Waals surface area contributed by atoms with Crippen molar-refractivity contribution in [3.8, 4) is 5.75 Å². The zero-order chi connectivity index (χ0) is 28.4. The number of rotatable bonds is 5. The number of Topliss-reactive ketones (excluding diaryl/α,β-unsaturated/α-hetero) is 2. The average Bonchev–Trinajstić information content (AvgIpc) is 2.76. The number of aliphatic hydroxyl groups is 2. The quantitative estimate of drug-likeness (QED) is 0.268. The molecule has 4 atom stereocenters. The molecule has 8 N–H and O–H groups in total. The molecule has 0 aromatic heterocycles. The number of carbonyl (C=O) groups is 3. The molecule has 11 heteroatoms. The van der Waals surface area contributed by atoms with E-state index < -0.39 is 52.6 Å². The molecular weight excluding hydrogens is 504 g/mol. The Morgan fingerprint density at radius 3 is 2.26 bits per heavy atom. The first-order valence-corrected chi connectivity index (χ1v) is 12.8. The van der Waals surface area contributed by atoms with Crippen molar-refractivity contribution < 1.29 is 38.0 Å². The van der Waals surface area contributed by atoms with E-state index in [9.17, 15) is 29.7 Å². The number of carbonyl (C=O) groups excluding carboxylic acids is 3. The number of hydrogen-bond donors (Lipinski definition) is 5. The summed E-state index contributed by atoms with van der Waals surface area (Å²) < 4.78 is 0. The van der Waals surface area contributed by atoms with Crippen LogP contribution in [0.15, 0.2) is 23.0 Å². The van der Waals surface area contributed by atoms with Crippen LogP contribution in [0, 0.1) is 17.8 Å². The summed E-state index contributed by atoms with van der Waals surface area (Å²) in [4.78, 5) is 42.9. The highest BCUT2D eigenvalue weighted by molar-refractivity contribution is 6.28. The van der Waals surface area contributed by atoms with Crippen molar-refractivity contribution in [1.82, 2.24) is 10.2 Å². The van der Waals surface area contributed by atoms with Crippen LogP contribution in [0.5, 0.6) is 5.75 Å². The third kappa shape index (κ3) is 4.90. The molecule has 4 unspecified atom stereocenters. The molecule has 1 aromatic carbocycles. The van der Waals surface area contributed by atoms with E-state index in [1.165, 1.54) is 0 Å². The molecular formula is C28H44N4O7. The van der Waals surface area contributed by atoms with Crippen LogP contribution in [0.1, 0.15) is 46.7 Å². The number of nitrogens with one attached hydrogen (secondary N) is 1. The molecule has 11 nitrogen and oxygen atoms in total. The van der Waals surface area contributed by atoms with Crippen molar-refractivity contribution in [3.05, 3.63) is 39.7 Å². The minimum absolute atomic E-state index is 0. The highest BCUT2D eigenvalue weighted by Gasteiger charge is 2.55. The Hall–Kier alpha value is -3.41. The lowest BCUT2D eigenvalue weighted by atomic mass is 9.59. The highest BCUT2D eigenvalue weighted by Crippen LogP contribution is 2.52. The van der Waals surface area contributed by atoms with Gasteiger partial charge in [0, 0.05) is 45.9 Å². The molecule has 1 fully saturated rings. The van der Waals surface area contributed by atoms with Gasteiger partial charge in [0.2, 0.25) is 0 Å². The van der Waals surface area contributed by atoms with Gasteiger partial charge in [0.25, 0.3) is 5.91 Å². The first kappa shape index (κ1) is 30.1. The monoisotopic (exact) mass is 548 g/mol. The van der Waals surface area contributed by atoms with Crippen molar-refractivity contribution in [3.63, 3.8) is 0 Å². The number of allylic oxidation sites excluding steroid dienone is 1. The van der Waals surface area contributed by atoms with Crippen LogP contribution in [-0.4, -0.2) is 82.9 Å². The number of ketones is 2. The molecule has 0 bridgehead atoms. The Morgan fingerprint density at radius 2 is 1.74 bits per heavy atom. The molecule has 1 aromatic rings. The molecule has 0 spiro atoms. The average molecular weight is 549 g/mol. The van der Waals surface area contributed by atoms with E-state index in [2.05, 4.69) is 5.32 Å². The summed E-state index contributed by atoms with van der Waals surface area (Å²) in [6.07, 6.45) is 0.681. The standard InChI is InChI=1S/C28H38N4O6.H2O.2H2/c1-28(2,3)30-11-13-10-16(31(4)5)14-8-12-9-15-19(24(35)17(12)23(34)18(14)22(13)33)25(36)20(27(29)38)26(37)21(15)32(6)7;;;/h10,12,15,19,21,30,33-34,37H,8-9,11H2,1-7H3,(H2,29,38);1H2;2*1H. The van der Waals surface area contributed by atoms with Gasteiger partial charge in [0.05, 0.1) is 17.5 Å². The first-order valence-electron chi connectivity index (χ1n) is 12.8. The van der Waals surface area contributed by atoms with Gasteiger partial charge in [-0.05, 0) is 71.2 Å². The number of amides is 1. The van der Waals surface area contributed by atoms with Gasteiger partial charge in [0.15, 0.2) is 11.6 Å². The Balaban J connectivity index is 0.00000280. The van der Waals surface area contributed by atoms with Crippen LogP contribution in [0.4, 0.5) is 5.69 Å². The summed E-state index contributed by atoms with van der Waals surface area (Å²) in [5.74, 6) is -5.70. The normalized spacial score (nSPS) is 24.7. The fourth-order valence-corrected chi connectivity index (χ4v) is 6.26. The summed E-state index contributed by atoms with van der Waals surface area (Å²) >= 11 is 0. The number of aliphatic hydroxyl groups excluding tert-OH is 2. The SMILES string of the molecule is CN(C)c1cc(CNC(C)(C)C)c(O)c2c1CC1CC3C(C(=O)C(C(N)=O)=C(O)C3N(C)C)C(=O)C1=C2O.O.[HH].[HH]. The van der Waals surface area contributed by atoms with Crippen molar-refractivity contribution in [2.24, 2.45) is 23.5 Å². The van der Waals surface area contributed by atoms with Gasteiger partial charge in [-0.2, -0.15) is 0 Å². The Morgan fingerprint density at radius 1 is 1.13 bits per heavy atom. The van der Waals surface area contributed by atoms with E-state index in [4.69, 9.17) is 5.73 Å². The zero-order valence-corrected chi connectivity index (χ0v) is 23.5. The Kier molecular flexibility index (Phi) is 7.95. The van der Waals surface area contributed by atoms with Gasteiger partial charge in [-0.3, -0.25) is 19.3 Å². The minimum atomic E-state index is -1.27. The number of phenols is 1. The van der Waals surface area contributed by atoms with Gasteiger partial charge < -0.3 is 36.7 Å². The summed E-state index contributed by atoms with van der Waals surface area (Å²) in [6, 6.07) is 1.13. The summed E-state index contributed by atoms with van der Waals surface area (Å²) in [5, 5.41) is 37.0. The number of fused-ring (bicyclic) bond motifs is 3. The predicted octanol–water partition coefficient (Wildman–Crippen LogP) is 1.47. The summed E-state index contributed by atoms with van der Waals surface area (Å²) in [7, 11) is 7.15. The van der Waals surface area contributed by atoms with Crippen LogP contribution in [0.25, 0.3) is 5.76 Å². The Labute approximate surface area is 231 Å². The number of primary amides is 1. The van der Waals surface area contributed by atoms with E-state index in [0.717, 1.165) is 5.69 Å². The topological polar surface area (TPSA) is 188 Å². The Bertz CT molecular complexity index is 1300. The van der Waals surface area contributed by atoms with Crippen LogP contribution in [0.2, 0.25) is 0 Å². The summed E-state index contributed by atoms with van der Waals surface area (Å²) in [6.45, 7) is 6.35. The summed E-state index contributed by atoms with van der Waals surface area (Å²) in [5.41, 5.74) is 7.01. The van der Waals surface area contributed by atoms with E-state index in [0.29, 0.717) is 30.5 Å². The van der Waals surface area contributed by atoms with Gasteiger partial charge in [-0.25, -0.2) is 0 Å². The number of benzene rings is 1. The smallest absolute Gasteiger partial charge is 0.255 e. The molecule has 0 radical (unpaired) electrons. The molecule has 0 saturated heterocycles. The van der Waals surface area contributed by atoms with Crippen molar-refractivity contribution in [2.75, 3.05) is 33.1 Å². The number of nitrogens with zero attached hydrogens (tertiary/aromatic N) is 2. The largest absolute Gasteiger partial charge is 0.510 e. The van der Waals surface area contributed by atoms with Gasteiger partial charge in [0.1, 0.15) is 22.8 Å². The van der Waals surface area contributed by atoms with Gasteiger partial charge >= 0.3 is 0 Å². The number of likely N-dealkylation sites (N-methyl/N-ethyl adjacent to an activating group) is 1. The lowest BCUT2D eigenvalue weighted by Gasteiger charge is -2.46. The maximum Gasteiger partial charge on any atom is 0.255 e. The van der Waals surface area contributed by atoms with Crippen molar-refractivity contribution >= 4 is 28.9 Å². The van der Waals surface area contributed by atoms with Crippen LogP contribution >= 0.6 is 0 Å². The maximum absolute atomic E-state index is 13.9. The second-order valence-corrected chi connectivity index (χ2v) is 12.1. The van der Waals surface area contributed by atoms with E-state index in [-0.39, 0.29) is 36.5 Å². The molecule has 4 rings (SSSR count).